The number of carbonyl (C=O) groups excluding carboxylic acids is 2. The van der Waals surface area contributed by atoms with Crippen LogP contribution in [0.15, 0.2) is 18.7 Å². The Bertz CT molecular complexity index is 359. The third-order valence-corrected chi connectivity index (χ3v) is 2.12. The highest BCUT2D eigenvalue weighted by Crippen LogP contribution is 2.03. The molecule has 6 nitrogen and oxygen atoms in total. The Labute approximate surface area is 93.8 Å². The van der Waals surface area contributed by atoms with Gasteiger partial charge in [-0.2, -0.15) is 0 Å². The van der Waals surface area contributed by atoms with Crippen LogP contribution in [0.4, 0.5) is 4.79 Å². The van der Waals surface area contributed by atoms with Crippen LogP contribution in [0.1, 0.15) is 13.8 Å². The first-order valence-corrected chi connectivity index (χ1v) is 4.92. The number of methoxy groups -OCH3 is 1. The maximum atomic E-state index is 11.9. The predicted molar refractivity (Wildman–Crippen MR) is 56.9 cm³/mol. The molecule has 1 aromatic rings. The number of ether oxygens (including phenoxy) is 1. The number of hydrogen-bond acceptors (Lipinski definition) is 4. The molecule has 0 fully saturated rings. The van der Waals surface area contributed by atoms with Crippen molar-refractivity contribution in [3.63, 3.8) is 0 Å². The molecule has 1 heterocycles. The van der Waals surface area contributed by atoms with E-state index in [1.165, 1.54) is 35.3 Å². The summed E-state index contributed by atoms with van der Waals surface area (Å²) in [6.07, 6.45) is 4.44. The second kappa shape index (κ2) is 5.29. The summed E-state index contributed by atoms with van der Waals surface area (Å²) in [6.45, 7) is 3.60. The van der Waals surface area contributed by atoms with Crippen molar-refractivity contribution in [3.8, 4) is 0 Å². The van der Waals surface area contributed by atoms with Gasteiger partial charge in [-0.1, -0.05) is 0 Å². The third-order valence-electron chi connectivity index (χ3n) is 2.12. The van der Waals surface area contributed by atoms with Crippen LogP contribution in [-0.4, -0.2) is 46.1 Å². The SMILES string of the molecule is COC(=O)CN(C(=O)n1ccnc1)C(C)C. The molecule has 1 amide bonds. The fraction of sp³-hybridized carbons (Fsp3) is 0.500. The van der Waals surface area contributed by atoms with E-state index in [0.717, 1.165) is 0 Å². The lowest BCUT2D eigenvalue weighted by Gasteiger charge is -2.25. The quantitative estimate of drug-likeness (QED) is 0.711. The molecular formula is C10H15N3O3. The summed E-state index contributed by atoms with van der Waals surface area (Å²) in [5.41, 5.74) is 0. The smallest absolute Gasteiger partial charge is 0.330 e. The molecule has 1 rings (SSSR count). The number of hydrogen-bond donors (Lipinski definition) is 0. The maximum absolute atomic E-state index is 11.9. The summed E-state index contributed by atoms with van der Waals surface area (Å²) in [5.74, 6) is -0.442. The molecule has 88 valence electrons. The molecule has 1 aromatic heterocycles. The van der Waals surface area contributed by atoms with Crippen LogP contribution in [0.2, 0.25) is 0 Å². The van der Waals surface area contributed by atoms with E-state index in [0.29, 0.717) is 0 Å². The first kappa shape index (κ1) is 12.2. The molecule has 0 unspecified atom stereocenters. The van der Waals surface area contributed by atoms with Crippen molar-refractivity contribution in [2.24, 2.45) is 0 Å². The zero-order valence-electron chi connectivity index (χ0n) is 9.58. The molecular weight excluding hydrogens is 210 g/mol. The van der Waals surface area contributed by atoms with Gasteiger partial charge in [-0.3, -0.25) is 9.36 Å². The third kappa shape index (κ3) is 2.82. The molecule has 0 saturated heterocycles. The van der Waals surface area contributed by atoms with Gasteiger partial charge in [0.15, 0.2) is 0 Å². The van der Waals surface area contributed by atoms with E-state index in [4.69, 9.17) is 0 Å². The van der Waals surface area contributed by atoms with Gasteiger partial charge in [-0.15, -0.1) is 0 Å². The van der Waals surface area contributed by atoms with E-state index in [2.05, 4.69) is 9.72 Å². The highest BCUT2D eigenvalue weighted by molar-refractivity contribution is 5.82. The van der Waals surface area contributed by atoms with Crippen molar-refractivity contribution in [2.75, 3.05) is 13.7 Å². The number of amides is 1. The fourth-order valence-electron chi connectivity index (χ4n) is 1.20. The second-order valence-corrected chi connectivity index (χ2v) is 3.55. The van der Waals surface area contributed by atoms with E-state index in [-0.39, 0.29) is 18.6 Å². The summed E-state index contributed by atoms with van der Waals surface area (Å²) >= 11 is 0. The van der Waals surface area contributed by atoms with Crippen molar-refractivity contribution in [1.29, 1.82) is 0 Å². The molecule has 0 aromatic carbocycles. The van der Waals surface area contributed by atoms with Crippen molar-refractivity contribution in [2.45, 2.75) is 19.9 Å². The normalized spacial score (nSPS) is 10.2. The summed E-state index contributed by atoms with van der Waals surface area (Å²) in [5, 5.41) is 0. The Morgan fingerprint density at radius 2 is 2.19 bits per heavy atom. The largest absolute Gasteiger partial charge is 0.468 e. The van der Waals surface area contributed by atoms with Crippen molar-refractivity contribution >= 4 is 12.0 Å². The molecule has 0 atom stereocenters. The number of esters is 1. The first-order chi connectivity index (χ1) is 7.56. The van der Waals surface area contributed by atoms with Gasteiger partial charge in [0.05, 0.1) is 7.11 Å². The molecule has 0 bridgehead atoms. The number of carbonyl (C=O) groups is 2. The van der Waals surface area contributed by atoms with E-state index in [1.54, 1.807) is 0 Å². The van der Waals surface area contributed by atoms with Crippen molar-refractivity contribution in [3.05, 3.63) is 18.7 Å². The monoisotopic (exact) mass is 225 g/mol. The van der Waals surface area contributed by atoms with Crippen LogP contribution in [-0.2, 0) is 9.53 Å². The van der Waals surface area contributed by atoms with Crippen LogP contribution in [0.5, 0.6) is 0 Å². The summed E-state index contributed by atoms with van der Waals surface area (Å²) in [4.78, 5) is 28.3. The summed E-state index contributed by atoms with van der Waals surface area (Å²) in [7, 11) is 1.29. The molecule has 0 saturated carbocycles. The predicted octanol–water partition coefficient (Wildman–Crippen LogP) is 0.735. The minimum atomic E-state index is -0.442. The maximum Gasteiger partial charge on any atom is 0.330 e. The number of imidazole rings is 1. The van der Waals surface area contributed by atoms with Gasteiger partial charge in [-0.25, -0.2) is 9.78 Å². The summed E-state index contributed by atoms with van der Waals surface area (Å²) < 4.78 is 5.86. The van der Waals surface area contributed by atoms with Crippen LogP contribution < -0.4 is 0 Å². The molecule has 0 spiro atoms. The molecule has 6 heteroatoms. The van der Waals surface area contributed by atoms with Crippen LogP contribution in [0, 0.1) is 0 Å². The Balaban J connectivity index is 2.78. The Morgan fingerprint density at radius 1 is 1.50 bits per heavy atom. The highest BCUT2D eigenvalue weighted by Gasteiger charge is 2.21. The molecule has 0 aliphatic heterocycles. The Morgan fingerprint density at radius 3 is 2.62 bits per heavy atom. The van der Waals surface area contributed by atoms with Gasteiger partial charge in [0.2, 0.25) is 0 Å². The standard InChI is InChI=1S/C10H15N3O3/c1-8(2)13(6-9(14)16-3)10(15)12-5-4-11-7-12/h4-5,7-8H,6H2,1-3H3. The van der Waals surface area contributed by atoms with E-state index >= 15 is 0 Å². The summed E-state index contributed by atoms with van der Waals surface area (Å²) in [6, 6.07) is -0.382. The molecule has 0 aliphatic rings. The minimum absolute atomic E-state index is 0.0643. The second-order valence-electron chi connectivity index (χ2n) is 3.55. The minimum Gasteiger partial charge on any atom is -0.468 e. The van der Waals surface area contributed by atoms with Crippen LogP contribution in [0.25, 0.3) is 0 Å². The van der Waals surface area contributed by atoms with Crippen LogP contribution >= 0.6 is 0 Å². The van der Waals surface area contributed by atoms with E-state index in [9.17, 15) is 9.59 Å². The van der Waals surface area contributed by atoms with Crippen molar-refractivity contribution in [1.82, 2.24) is 14.5 Å². The Hall–Kier alpha value is -1.85. The van der Waals surface area contributed by atoms with Gasteiger partial charge in [0.1, 0.15) is 12.9 Å². The molecule has 0 aliphatic carbocycles. The average molecular weight is 225 g/mol. The molecule has 16 heavy (non-hydrogen) atoms. The van der Waals surface area contributed by atoms with E-state index in [1.807, 2.05) is 13.8 Å². The fourth-order valence-corrected chi connectivity index (χ4v) is 1.20. The van der Waals surface area contributed by atoms with Gasteiger partial charge >= 0.3 is 12.0 Å². The van der Waals surface area contributed by atoms with Gasteiger partial charge < -0.3 is 9.64 Å². The molecule has 0 radical (unpaired) electrons. The van der Waals surface area contributed by atoms with Crippen LogP contribution in [0.3, 0.4) is 0 Å². The topological polar surface area (TPSA) is 64.4 Å². The zero-order chi connectivity index (χ0) is 12.1. The van der Waals surface area contributed by atoms with Gasteiger partial charge in [0.25, 0.3) is 0 Å². The number of aromatic nitrogens is 2. The highest BCUT2D eigenvalue weighted by atomic mass is 16.5. The zero-order valence-corrected chi connectivity index (χ0v) is 9.58. The Kier molecular flexibility index (Phi) is 4.04. The average Bonchev–Trinajstić information content (AvgIpc) is 2.77. The molecule has 0 N–H and O–H groups in total. The first-order valence-electron chi connectivity index (χ1n) is 4.92. The lowest BCUT2D eigenvalue weighted by Crippen LogP contribution is -2.43. The van der Waals surface area contributed by atoms with E-state index < -0.39 is 5.97 Å². The van der Waals surface area contributed by atoms with Gasteiger partial charge in [-0.05, 0) is 13.8 Å². The lowest BCUT2D eigenvalue weighted by atomic mass is 10.3. The van der Waals surface area contributed by atoms with Crippen molar-refractivity contribution < 1.29 is 14.3 Å². The number of nitrogens with zero attached hydrogens (tertiary/aromatic N) is 3. The van der Waals surface area contributed by atoms with Gasteiger partial charge in [0, 0.05) is 18.4 Å². The number of rotatable bonds is 3. The lowest BCUT2D eigenvalue weighted by molar-refractivity contribution is -0.141.